The Morgan fingerprint density at radius 1 is 1.45 bits per heavy atom. The zero-order chi connectivity index (χ0) is 14.5. The number of hydrogen-bond donors (Lipinski definition) is 1. The molecule has 20 heavy (non-hydrogen) atoms. The third-order valence-electron chi connectivity index (χ3n) is 3.21. The van der Waals surface area contributed by atoms with E-state index in [-0.39, 0.29) is 30.2 Å². The molecule has 1 fully saturated rings. The topological polar surface area (TPSA) is 58.6 Å². The average molecular weight is 280 g/mol. The van der Waals surface area contributed by atoms with Gasteiger partial charge >= 0.3 is 0 Å². The molecule has 1 aliphatic rings. The van der Waals surface area contributed by atoms with Crippen molar-refractivity contribution in [2.24, 2.45) is 5.92 Å². The van der Waals surface area contributed by atoms with Gasteiger partial charge in [0, 0.05) is 38.2 Å². The number of amides is 2. The van der Waals surface area contributed by atoms with Crippen LogP contribution in [-0.2, 0) is 14.3 Å². The maximum absolute atomic E-state index is 12.9. The van der Waals surface area contributed by atoms with E-state index in [1.807, 2.05) is 0 Å². The van der Waals surface area contributed by atoms with E-state index >= 15 is 0 Å². The molecule has 6 heteroatoms. The lowest BCUT2D eigenvalue weighted by Crippen LogP contribution is -2.33. The molecule has 2 rings (SSSR count). The van der Waals surface area contributed by atoms with Gasteiger partial charge in [0.15, 0.2) is 0 Å². The third kappa shape index (κ3) is 3.54. The van der Waals surface area contributed by atoms with E-state index in [1.165, 1.54) is 19.2 Å². The summed E-state index contributed by atoms with van der Waals surface area (Å²) in [5.74, 6) is -0.472. The fourth-order valence-corrected chi connectivity index (χ4v) is 2.23. The van der Waals surface area contributed by atoms with Crippen molar-refractivity contribution in [1.82, 2.24) is 5.32 Å². The summed E-state index contributed by atoms with van der Waals surface area (Å²) >= 11 is 0. The monoisotopic (exact) mass is 280 g/mol. The molecule has 1 aromatic rings. The highest BCUT2D eigenvalue weighted by Gasteiger charge is 2.30. The molecule has 0 aromatic heterocycles. The second-order valence-electron chi connectivity index (χ2n) is 4.79. The zero-order valence-corrected chi connectivity index (χ0v) is 11.3. The lowest BCUT2D eigenvalue weighted by atomic mass is 10.1. The maximum atomic E-state index is 12.9. The highest BCUT2D eigenvalue weighted by molar-refractivity contribution is 5.95. The predicted octanol–water partition coefficient (Wildman–Crippen LogP) is 0.941. The Kier molecular flexibility index (Phi) is 4.68. The minimum Gasteiger partial charge on any atom is -0.375 e. The number of benzene rings is 1. The highest BCUT2D eigenvalue weighted by atomic mass is 19.1. The minimum atomic E-state index is -0.330. The summed E-state index contributed by atoms with van der Waals surface area (Å²) in [4.78, 5) is 24.8. The zero-order valence-electron chi connectivity index (χ0n) is 11.3. The van der Waals surface area contributed by atoms with Crippen molar-refractivity contribution in [3.8, 4) is 0 Å². The number of rotatable bonds is 5. The van der Waals surface area contributed by atoms with E-state index in [0.717, 1.165) is 0 Å². The predicted molar refractivity (Wildman–Crippen MR) is 71.7 cm³/mol. The van der Waals surface area contributed by atoms with Crippen molar-refractivity contribution in [2.45, 2.75) is 6.42 Å². The van der Waals surface area contributed by atoms with Crippen molar-refractivity contribution in [1.29, 1.82) is 0 Å². The number of carbonyl (C=O) groups excluding carboxylic acids is 2. The lowest BCUT2D eigenvalue weighted by molar-refractivity contribution is -0.125. The van der Waals surface area contributed by atoms with Gasteiger partial charge in [0.05, 0.1) is 0 Å². The average Bonchev–Trinajstić information content (AvgIpc) is 2.79. The number of halogens is 1. The number of hydrogen-bond acceptors (Lipinski definition) is 3. The second kappa shape index (κ2) is 6.47. The van der Waals surface area contributed by atoms with Gasteiger partial charge in [-0.2, -0.15) is 0 Å². The van der Waals surface area contributed by atoms with Crippen LogP contribution in [0.15, 0.2) is 24.3 Å². The molecule has 0 radical (unpaired) electrons. The number of ether oxygens (including phenoxy) is 1. The van der Waals surface area contributed by atoms with Gasteiger partial charge in [-0.1, -0.05) is 0 Å². The summed E-state index contributed by atoms with van der Waals surface area (Å²) in [6.07, 6.45) is 0.380. The molecule has 1 heterocycles. The van der Waals surface area contributed by atoms with Crippen LogP contribution in [0.4, 0.5) is 10.1 Å². The lowest BCUT2D eigenvalue weighted by Gasteiger charge is -2.17. The van der Waals surface area contributed by atoms with Crippen molar-refractivity contribution in [2.75, 3.05) is 31.7 Å². The third-order valence-corrected chi connectivity index (χ3v) is 3.21. The van der Waals surface area contributed by atoms with Crippen LogP contribution >= 0.6 is 0 Å². The first-order valence-corrected chi connectivity index (χ1v) is 6.41. The molecule has 1 aliphatic heterocycles. The Balaban J connectivity index is 1.90. The number of anilines is 1. The second-order valence-corrected chi connectivity index (χ2v) is 4.79. The first-order chi connectivity index (χ1) is 9.60. The van der Waals surface area contributed by atoms with Crippen LogP contribution < -0.4 is 10.2 Å². The number of methoxy groups -OCH3 is 1. The van der Waals surface area contributed by atoms with Gasteiger partial charge in [-0.3, -0.25) is 9.59 Å². The Labute approximate surface area is 116 Å². The molecule has 1 saturated heterocycles. The first kappa shape index (κ1) is 14.5. The number of nitrogens with zero attached hydrogens (tertiary/aromatic N) is 1. The fourth-order valence-electron chi connectivity index (χ4n) is 2.23. The van der Waals surface area contributed by atoms with E-state index in [1.54, 1.807) is 17.0 Å². The molecular weight excluding hydrogens is 263 g/mol. The van der Waals surface area contributed by atoms with Crippen molar-refractivity contribution >= 4 is 17.5 Å². The summed E-state index contributed by atoms with van der Waals surface area (Å²) in [6.45, 7) is 0.978. The van der Waals surface area contributed by atoms with Gasteiger partial charge in [0.25, 0.3) is 0 Å². The van der Waals surface area contributed by atoms with Crippen molar-refractivity contribution < 1.29 is 18.7 Å². The van der Waals surface area contributed by atoms with Crippen LogP contribution in [-0.4, -0.2) is 38.6 Å². The van der Waals surface area contributed by atoms with Crippen molar-refractivity contribution in [3.63, 3.8) is 0 Å². The molecule has 5 nitrogen and oxygen atoms in total. The molecule has 1 N–H and O–H groups in total. The minimum absolute atomic E-state index is 0.0115. The van der Waals surface area contributed by atoms with Gasteiger partial charge in [-0.25, -0.2) is 4.39 Å². The quantitative estimate of drug-likeness (QED) is 0.873. The van der Waals surface area contributed by atoms with E-state index in [2.05, 4.69) is 5.32 Å². The van der Waals surface area contributed by atoms with Gasteiger partial charge in [0.2, 0.25) is 11.8 Å². The molecule has 0 saturated carbocycles. The van der Waals surface area contributed by atoms with Crippen LogP contribution in [0.25, 0.3) is 0 Å². The van der Waals surface area contributed by atoms with Crippen LogP contribution in [0.2, 0.25) is 0 Å². The Hall–Kier alpha value is -1.95. The van der Waals surface area contributed by atoms with Crippen LogP contribution in [0.3, 0.4) is 0 Å². The molecule has 1 unspecified atom stereocenters. The summed E-state index contributed by atoms with van der Waals surface area (Å²) in [6, 6.07) is 5.82. The van der Waals surface area contributed by atoms with Gasteiger partial charge in [-0.15, -0.1) is 0 Å². The van der Waals surface area contributed by atoms with Crippen LogP contribution in [0.5, 0.6) is 0 Å². The van der Waals surface area contributed by atoms with Crippen LogP contribution in [0, 0.1) is 11.7 Å². The van der Waals surface area contributed by atoms with E-state index in [9.17, 15) is 14.0 Å². The van der Waals surface area contributed by atoms with E-state index in [4.69, 9.17) is 4.74 Å². The molecule has 0 aliphatic carbocycles. The molecule has 108 valence electrons. The molecule has 1 atom stereocenters. The smallest absolute Gasteiger partial charge is 0.245 e. The fraction of sp³-hybridized carbons (Fsp3) is 0.429. The molecule has 1 aromatic carbocycles. The number of carbonyl (C=O) groups is 2. The van der Waals surface area contributed by atoms with E-state index < -0.39 is 0 Å². The molecule has 0 bridgehead atoms. The first-order valence-electron chi connectivity index (χ1n) is 6.41. The Morgan fingerprint density at radius 3 is 2.80 bits per heavy atom. The molecular formula is C14H17FN2O3. The Bertz CT molecular complexity index is 490. The van der Waals surface area contributed by atoms with Crippen molar-refractivity contribution in [3.05, 3.63) is 30.1 Å². The SMILES string of the molecule is COCC(=O)NCC1CC(=O)N(c2ccc(F)cc2)C1. The summed E-state index contributed by atoms with van der Waals surface area (Å²) in [5.41, 5.74) is 0.683. The Morgan fingerprint density at radius 2 is 2.15 bits per heavy atom. The summed E-state index contributed by atoms with van der Waals surface area (Å²) in [7, 11) is 1.45. The maximum Gasteiger partial charge on any atom is 0.245 e. The van der Waals surface area contributed by atoms with Gasteiger partial charge < -0.3 is 15.0 Å². The highest BCUT2D eigenvalue weighted by Crippen LogP contribution is 2.24. The molecule has 0 spiro atoms. The van der Waals surface area contributed by atoms with Gasteiger partial charge in [0.1, 0.15) is 12.4 Å². The van der Waals surface area contributed by atoms with E-state index in [0.29, 0.717) is 25.2 Å². The summed E-state index contributed by atoms with van der Waals surface area (Å²) < 4.78 is 17.6. The summed E-state index contributed by atoms with van der Waals surface area (Å²) in [5, 5.41) is 2.72. The van der Waals surface area contributed by atoms with Gasteiger partial charge in [-0.05, 0) is 24.3 Å². The standard InChI is InChI=1S/C14H17FN2O3/c1-20-9-13(18)16-7-10-6-14(19)17(8-10)12-4-2-11(15)3-5-12/h2-5,10H,6-9H2,1H3,(H,16,18). The number of nitrogens with one attached hydrogen (secondary N) is 1. The molecule has 2 amide bonds. The largest absolute Gasteiger partial charge is 0.375 e. The normalized spacial score (nSPS) is 18.4. The van der Waals surface area contributed by atoms with Crippen LogP contribution in [0.1, 0.15) is 6.42 Å².